The first-order chi connectivity index (χ1) is 19.2. The van der Waals surface area contributed by atoms with Gasteiger partial charge in [-0.05, 0) is 83.6 Å². The summed E-state index contributed by atoms with van der Waals surface area (Å²) in [6, 6.07) is 8.35. The number of hydrogen-bond donors (Lipinski definition) is 1. The van der Waals surface area contributed by atoms with Gasteiger partial charge in [-0.3, -0.25) is 0 Å². The molecule has 3 aromatic heterocycles. The molecule has 5 heterocycles. The molecule has 0 radical (unpaired) electrons. The van der Waals surface area contributed by atoms with Crippen LogP contribution in [-0.4, -0.2) is 61.1 Å². The number of ether oxygens (including phenoxy) is 3. The molecule has 10 heteroatoms. The highest BCUT2D eigenvalue weighted by Gasteiger charge is 2.39. The van der Waals surface area contributed by atoms with Crippen molar-refractivity contribution in [2.45, 2.75) is 83.1 Å². The Bertz CT molecular complexity index is 1470. The Kier molecular flexibility index (Phi) is 7.10. The van der Waals surface area contributed by atoms with Crippen LogP contribution in [0.25, 0.3) is 33.5 Å². The van der Waals surface area contributed by atoms with E-state index in [0.717, 1.165) is 66.6 Å². The molecule has 0 aliphatic carbocycles. The fourth-order valence-electron chi connectivity index (χ4n) is 6.43. The van der Waals surface area contributed by atoms with Crippen LogP contribution in [-0.2, 0) is 9.47 Å². The van der Waals surface area contributed by atoms with E-state index in [9.17, 15) is 0 Å². The van der Waals surface area contributed by atoms with Crippen LogP contribution in [0.15, 0.2) is 43.0 Å². The lowest BCUT2D eigenvalue weighted by atomic mass is 9.79. The Morgan fingerprint density at radius 1 is 1.05 bits per heavy atom. The van der Waals surface area contributed by atoms with Crippen molar-refractivity contribution in [3.05, 3.63) is 43.0 Å². The van der Waals surface area contributed by atoms with Gasteiger partial charge in [0.05, 0.1) is 18.2 Å². The molecule has 0 amide bonds. The Morgan fingerprint density at radius 3 is 2.62 bits per heavy atom. The number of imidazole rings is 1. The minimum absolute atomic E-state index is 0.00481. The van der Waals surface area contributed by atoms with Crippen molar-refractivity contribution in [1.29, 1.82) is 0 Å². The summed E-state index contributed by atoms with van der Waals surface area (Å²) in [6.45, 7) is 9.92. The monoisotopic (exact) mass is 545 g/mol. The van der Waals surface area contributed by atoms with Crippen molar-refractivity contribution in [1.82, 2.24) is 34.8 Å². The maximum atomic E-state index is 6.01. The third-order valence-corrected chi connectivity index (χ3v) is 7.86. The Morgan fingerprint density at radius 2 is 1.88 bits per heavy atom. The van der Waals surface area contributed by atoms with Gasteiger partial charge in [-0.25, -0.2) is 9.67 Å². The number of nitrogens with one attached hydrogen (secondary N) is 1. The van der Waals surface area contributed by atoms with Gasteiger partial charge >= 0.3 is 0 Å². The number of nitrogens with zero attached hydrogens (tertiary/aromatic N) is 6. The molecular formula is C30H39N7O3. The van der Waals surface area contributed by atoms with E-state index in [0.29, 0.717) is 11.4 Å². The molecule has 1 aromatic carbocycles. The van der Waals surface area contributed by atoms with Crippen molar-refractivity contribution < 1.29 is 14.2 Å². The Labute approximate surface area is 235 Å². The second-order valence-electron chi connectivity index (χ2n) is 12.3. The van der Waals surface area contributed by atoms with Gasteiger partial charge in [0.15, 0.2) is 12.4 Å². The van der Waals surface area contributed by atoms with E-state index in [1.54, 1.807) is 7.11 Å². The molecule has 0 saturated carbocycles. The fraction of sp³-hybridized carbons (Fsp3) is 0.533. The molecule has 1 unspecified atom stereocenters. The zero-order valence-corrected chi connectivity index (χ0v) is 24.1. The normalized spacial score (nSPS) is 21.1. The van der Waals surface area contributed by atoms with E-state index in [2.05, 4.69) is 58.9 Å². The van der Waals surface area contributed by atoms with Gasteiger partial charge in [0, 0.05) is 48.2 Å². The fourth-order valence-corrected chi connectivity index (χ4v) is 6.43. The van der Waals surface area contributed by atoms with E-state index < -0.39 is 0 Å². The van der Waals surface area contributed by atoms with Crippen molar-refractivity contribution in [3.8, 4) is 28.1 Å². The third kappa shape index (κ3) is 5.48. The minimum Gasteiger partial charge on any atom is -0.467 e. The molecule has 0 spiro atoms. The van der Waals surface area contributed by atoms with E-state index in [-0.39, 0.29) is 30.1 Å². The predicted octanol–water partition coefficient (Wildman–Crippen LogP) is 5.52. The summed E-state index contributed by atoms with van der Waals surface area (Å²) in [5.41, 5.74) is 5.18. The van der Waals surface area contributed by atoms with Crippen LogP contribution in [0.1, 0.15) is 72.1 Å². The maximum Gasteiger partial charge on any atom is 0.188 e. The van der Waals surface area contributed by atoms with Gasteiger partial charge in [0.25, 0.3) is 0 Å². The zero-order chi connectivity index (χ0) is 27.9. The van der Waals surface area contributed by atoms with Gasteiger partial charge in [-0.2, -0.15) is 5.10 Å². The average Bonchev–Trinajstić information content (AvgIpc) is 3.58. The summed E-state index contributed by atoms with van der Waals surface area (Å²) in [4.78, 5) is 4.73. The number of fused-ring (bicyclic) bond motifs is 1. The molecule has 212 valence electrons. The van der Waals surface area contributed by atoms with E-state index >= 15 is 0 Å². The molecule has 40 heavy (non-hydrogen) atoms. The van der Waals surface area contributed by atoms with Crippen LogP contribution in [0.2, 0.25) is 0 Å². The lowest BCUT2D eigenvalue weighted by Gasteiger charge is -2.46. The second-order valence-corrected chi connectivity index (χ2v) is 12.3. The number of aromatic nitrogens is 6. The third-order valence-electron chi connectivity index (χ3n) is 7.86. The van der Waals surface area contributed by atoms with E-state index in [4.69, 9.17) is 19.2 Å². The molecule has 10 nitrogen and oxygen atoms in total. The van der Waals surface area contributed by atoms with Crippen molar-refractivity contribution in [2.75, 3.05) is 20.5 Å². The Balaban J connectivity index is 1.30. The van der Waals surface area contributed by atoms with Gasteiger partial charge in [0.2, 0.25) is 0 Å². The molecule has 4 aromatic rings. The molecule has 2 aliphatic rings. The SMILES string of the molecule is COCOc1cc(-c2cnn(C3CCCCO3)c2)ccc1-c1cc2ncn(C3CC(C)(C)NC(C)(C)C3)c2nn1. The van der Waals surface area contributed by atoms with Gasteiger partial charge in [-0.15, -0.1) is 10.2 Å². The van der Waals surface area contributed by atoms with Gasteiger partial charge in [0.1, 0.15) is 17.5 Å². The number of benzene rings is 1. The number of methoxy groups -OCH3 is 1. The average molecular weight is 546 g/mol. The summed E-state index contributed by atoms with van der Waals surface area (Å²) < 4.78 is 21.2. The highest BCUT2D eigenvalue weighted by molar-refractivity contribution is 5.80. The first-order valence-electron chi connectivity index (χ1n) is 14.1. The standard InChI is InChI=1S/C30H39N7O3/c1-29(2)14-22(15-30(3,4)35-29)36-18-31-25-13-24(33-34-28(25)36)23-10-9-20(12-26(23)40-19-38-5)21-16-32-37(17-21)27-8-6-7-11-39-27/h9-10,12-13,16-18,22,27,35H,6-8,11,14-15,19H2,1-5H3. The van der Waals surface area contributed by atoms with E-state index in [1.165, 1.54) is 0 Å². The van der Waals surface area contributed by atoms with Crippen LogP contribution < -0.4 is 10.1 Å². The summed E-state index contributed by atoms with van der Waals surface area (Å²) in [5, 5.41) is 17.6. The molecule has 1 N–H and O–H groups in total. The van der Waals surface area contributed by atoms with Crippen molar-refractivity contribution in [2.24, 2.45) is 0 Å². The zero-order valence-electron chi connectivity index (χ0n) is 24.1. The predicted molar refractivity (Wildman–Crippen MR) is 153 cm³/mol. The van der Waals surface area contributed by atoms with Crippen molar-refractivity contribution >= 4 is 11.2 Å². The summed E-state index contributed by atoms with van der Waals surface area (Å²) in [7, 11) is 1.61. The minimum atomic E-state index is -0.00481. The molecule has 6 rings (SSSR count). The molecule has 1 atom stereocenters. The lowest BCUT2D eigenvalue weighted by molar-refractivity contribution is -0.0394. The smallest absolute Gasteiger partial charge is 0.188 e. The van der Waals surface area contributed by atoms with Crippen molar-refractivity contribution in [3.63, 3.8) is 0 Å². The van der Waals surface area contributed by atoms with E-state index in [1.807, 2.05) is 41.6 Å². The van der Waals surface area contributed by atoms with Gasteiger partial charge in [-0.1, -0.05) is 6.07 Å². The number of rotatable bonds is 7. The summed E-state index contributed by atoms with van der Waals surface area (Å²) in [5.74, 6) is 0.663. The van der Waals surface area contributed by atoms with Gasteiger partial charge < -0.3 is 24.1 Å². The molecule has 2 saturated heterocycles. The topological polar surface area (TPSA) is 101 Å². The molecular weight excluding hydrogens is 506 g/mol. The first-order valence-corrected chi connectivity index (χ1v) is 14.1. The summed E-state index contributed by atoms with van der Waals surface area (Å²) in [6.07, 6.45) is 11.0. The maximum absolute atomic E-state index is 6.01. The summed E-state index contributed by atoms with van der Waals surface area (Å²) >= 11 is 0. The first kappa shape index (κ1) is 26.9. The molecule has 0 bridgehead atoms. The highest BCUT2D eigenvalue weighted by Crippen LogP contribution is 2.38. The second kappa shape index (κ2) is 10.6. The van der Waals surface area contributed by atoms with Crippen LogP contribution in [0.4, 0.5) is 0 Å². The van der Waals surface area contributed by atoms with Crippen LogP contribution in [0.5, 0.6) is 5.75 Å². The van der Waals surface area contributed by atoms with Crippen LogP contribution >= 0.6 is 0 Å². The number of hydrogen-bond acceptors (Lipinski definition) is 8. The highest BCUT2D eigenvalue weighted by atomic mass is 16.7. The lowest BCUT2D eigenvalue weighted by Crippen LogP contribution is -2.57. The van der Waals surface area contributed by atoms with Crippen LogP contribution in [0.3, 0.4) is 0 Å². The van der Waals surface area contributed by atoms with Crippen LogP contribution in [0, 0.1) is 0 Å². The molecule has 2 fully saturated rings. The quantitative estimate of drug-likeness (QED) is 0.303. The number of piperidine rings is 1. The Hall–Kier alpha value is -3.34. The molecule has 2 aliphatic heterocycles. The largest absolute Gasteiger partial charge is 0.467 e.